The molecule has 0 aliphatic heterocycles. The lowest BCUT2D eigenvalue weighted by Crippen LogP contribution is -2.16. The molecule has 0 radical (unpaired) electrons. The number of nitrogens with zero attached hydrogens (tertiary/aromatic N) is 2. The number of nitrogens with one attached hydrogen (secondary N) is 1. The second-order valence-electron chi connectivity index (χ2n) is 4.49. The average Bonchev–Trinajstić information content (AvgIpc) is 2.97. The van der Waals surface area contributed by atoms with Crippen LogP contribution in [0.25, 0.3) is 0 Å². The SMILES string of the molecule is CCCNCc1cncn1CCC1CC1. The summed E-state index contributed by atoms with van der Waals surface area (Å²) in [5.41, 5.74) is 1.32. The molecule has 0 saturated heterocycles. The first kappa shape index (κ1) is 10.7. The van der Waals surface area contributed by atoms with E-state index in [1.165, 1.54) is 31.4 Å². The number of imidazole rings is 1. The quantitative estimate of drug-likeness (QED) is 0.695. The van der Waals surface area contributed by atoms with E-state index in [2.05, 4.69) is 21.8 Å². The molecule has 0 bridgehead atoms. The van der Waals surface area contributed by atoms with Gasteiger partial charge in [-0.25, -0.2) is 4.98 Å². The fraction of sp³-hybridized carbons (Fsp3) is 0.750. The van der Waals surface area contributed by atoms with Gasteiger partial charge >= 0.3 is 0 Å². The van der Waals surface area contributed by atoms with Crippen LogP contribution in [-0.2, 0) is 13.1 Å². The first-order valence-corrected chi connectivity index (χ1v) is 6.10. The maximum atomic E-state index is 4.22. The van der Waals surface area contributed by atoms with Crippen LogP contribution in [0.5, 0.6) is 0 Å². The van der Waals surface area contributed by atoms with Crippen LogP contribution >= 0.6 is 0 Å². The smallest absolute Gasteiger partial charge is 0.0948 e. The Kier molecular flexibility index (Phi) is 3.78. The van der Waals surface area contributed by atoms with E-state index in [9.17, 15) is 0 Å². The third-order valence-electron chi connectivity index (χ3n) is 3.01. The summed E-state index contributed by atoms with van der Waals surface area (Å²) in [7, 11) is 0. The van der Waals surface area contributed by atoms with Crippen LogP contribution in [0.15, 0.2) is 12.5 Å². The summed E-state index contributed by atoms with van der Waals surface area (Å²) in [6, 6.07) is 0. The summed E-state index contributed by atoms with van der Waals surface area (Å²) >= 11 is 0. The average molecular weight is 207 g/mol. The van der Waals surface area contributed by atoms with E-state index < -0.39 is 0 Å². The van der Waals surface area contributed by atoms with E-state index in [4.69, 9.17) is 0 Å². The Labute approximate surface area is 91.9 Å². The van der Waals surface area contributed by atoms with Gasteiger partial charge in [-0.2, -0.15) is 0 Å². The van der Waals surface area contributed by atoms with Gasteiger partial charge in [0.25, 0.3) is 0 Å². The number of hydrogen-bond donors (Lipinski definition) is 1. The maximum Gasteiger partial charge on any atom is 0.0948 e. The fourth-order valence-electron chi connectivity index (χ4n) is 1.82. The third-order valence-corrected chi connectivity index (χ3v) is 3.01. The van der Waals surface area contributed by atoms with Crippen LogP contribution in [0.4, 0.5) is 0 Å². The second-order valence-corrected chi connectivity index (χ2v) is 4.49. The van der Waals surface area contributed by atoms with Crippen molar-refractivity contribution >= 4 is 0 Å². The van der Waals surface area contributed by atoms with Gasteiger partial charge < -0.3 is 9.88 Å². The minimum absolute atomic E-state index is 0.957. The molecule has 1 aromatic rings. The van der Waals surface area contributed by atoms with Crippen molar-refractivity contribution in [3.05, 3.63) is 18.2 Å². The Bertz CT molecular complexity index is 289. The van der Waals surface area contributed by atoms with Crippen molar-refractivity contribution in [3.8, 4) is 0 Å². The van der Waals surface area contributed by atoms with Crippen molar-refractivity contribution in [3.63, 3.8) is 0 Å². The van der Waals surface area contributed by atoms with Crippen LogP contribution in [0, 0.1) is 5.92 Å². The Morgan fingerprint density at radius 3 is 3.13 bits per heavy atom. The predicted molar refractivity (Wildman–Crippen MR) is 61.6 cm³/mol. The van der Waals surface area contributed by atoms with Crippen LogP contribution in [0.2, 0.25) is 0 Å². The first-order valence-electron chi connectivity index (χ1n) is 6.10. The maximum absolute atomic E-state index is 4.22. The number of aromatic nitrogens is 2. The largest absolute Gasteiger partial charge is 0.333 e. The van der Waals surface area contributed by atoms with Crippen molar-refractivity contribution in [2.75, 3.05) is 6.54 Å². The lowest BCUT2D eigenvalue weighted by atomic mass is 10.3. The second kappa shape index (κ2) is 5.31. The number of hydrogen-bond acceptors (Lipinski definition) is 2. The Morgan fingerprint density at radius 1 is 1.53 bits per heavy atom. The van der Waals surface area contributed by atoms with Gasteiger partial charge in [0.15, 0.2) is 0 Å². The molecule has 84 valence electrons. The van der Waals surface area contributed by atoms with Crippen molar-refractivity contribution in [1.29, 1.82) is 0 Å². The van der Waals surface area contributed by atoms with Crippen LogP contribution in [0.1, 0.15) is 38.3 Å². The van der Waals surface area contributed by atoms with E-state index in [0.29, 0.717) is 0 Å². The molecule has 1 heterocycles. The predicted octanol–water partition coefficient (Wildman–Crippen LogP) is 2.18. The number of aryl methyl sites for hydroxylation is 1. The molecule has 1 fully saturated rings. The molecule has 2 rings (SSSR count). The molecule has 1 aliphatic carbocycles. The fourth-order valence-corrected chi connectivity index (χ4v) is 1.82. The summed E-state index contributed by atoms with van der Waals surface area (Å²) in [4.78, 5) is 4.22. The van der Waals surface area contributed by atoms with Gasteiger partial charge in [-0.3, -0.25) is 0 Å². The van der Waals surface area contributed by atoms with E-state index in [0.717, 1.165) is 25.6 Å². The molecule has 0 spiro atoms. The third kappa shape index (κ3) is 3.34. The van der Waals surface area contributed by atoms with E-state index >= 15 is 0 Å². The van der Waals surface area contributed by atoms with Crippen LogP contribution in [-0.4, -0.2) is 16.1 Å². The van der Waals surface area contributed by atoms with Gasteiger partial charge in [0.2, 0.25) is 0 Å². The lowest BCUT2D eigenvalue weighted by Gasteiger charge is -2.08. The first-order chi connectivity index (χ1) is 7.40. The van der Waals surface area contributed by atoms with Crippen molar-refractivity contribution in [2.24, 2.45) is 5.92 Å². The van der Waals surface area contributed by atoms with Crippen molar-refractivity contribution in [2.45, 2.75) is 45.7 Å². The van der Waals surface area contributed by atoms with E-state index in [1.54, 1.807) is 0 Å². The van der Waals surface area contributed by atoms with Gasteiger partial charge in [-0.1, -0.05) is 19.8 Å². The summed E-state index contributed by atoms with van der Waals surface area (Å²) in [6.07, 6.45) is 9.35. The highest BCUT2D eigenvalue weighted by Crippen LogP contribution is 2.32. The summed E-state index contributed by atoms with van der Waals surface area (Å²) in [5.74, 6) is 1.00. The number of rotatable bonds is 7. The van der Waals surface area contributed by atoms with Gasteiger partial charge in [0.05, 0.1) is 12.0 Å². The van der Waals surface area contributed by atoms with Gasteiger partial charge in [-0.05, 0) is 25.3 Å². The molecule has 1 aromatic heterocycles. The summed E-state index contributed by atoms with van der Waals surface area (Å²) in [6.45, 7) is 5.39. The molecule has 0 unspecified atom stereocenters. The molecule has 3 heteroatoms. The molecule has 0 amide bonds. The summed E-state index contributed by atoms with van der Waals surface area (Å²) in [5, 5.41) is 3.42. The molecule has 0 atom stereocenters. The normalized spacial score (nSPS) is 15.8. The Hall–Kier alpha value is -0.830. The lowest BCUT2D eigenvalue weighted by molar-refractivity contribution is 0.558. The van der Waals surface area contributed by atoms with Gasteiger partial charge in [-0.15, -0.1) is 0 Å². The zero-order valence-electron chi connectivity index (χ0n) is 9.58. The topological polar surface area (TPSA) is 29.9 Å². The van der Waals surface area contributed by atoms with Gasteiger partial charge in [0, 0.05) is 19.3 Å². The van der Waals surface area contributed by atoms with Crippen LogP contribution in [0.3, 0.4) is 0 Å². The minimum Gasteiger partial charge on any atom is -0.333 e. The highest BCUT2D eigenvalue weighted by molar-refractivity contribution is 4.98. The summed E-state index contributed by atoms with van der Waals surface area (Å²) < 4.78 is 2.29. The highest BCUT2D eigenvalue weighted by atomic mass is 15.1. The zero-order chi connectivity index (χ0) is 10.5. The van der Waals surface area contributed by atoms with Crippen LogP contribution < -0.4 is 5.32 Å². The monoisotopic (exact) mass is 207 g/mol. The Balaban J connectivity index is 1.78. The Morgan fingerprint density at radius 2 is 2.40 bits per heavy atom. The molecule has 3 nitrogen and oxygen atoms in total. The van der Waals surface area contributed by atoms with Crippen molar-refractivity contribution < 1.29 is 0 Å². The molecule has 1 N–H and O–H groups in total. The minimum atomic E-state index is 0.957. The van der Waals surface area contributed by atoms with E-state index in [-0.39, 0.29) is 0 Å². The van der Waals surface area contributed by atoms with E-state index in [1.807, 2.05) is 12.5 Å². The molecule has 1 saturated carbocycles. The molecular formula is C12H21N3. The molecule has 0 aromatic carbocycles. The zero-order valence-corrected chi connectivity index (χ0v) is 9.58. The molecule has 1 aliphatic rings. The molecular weight excluding hydrogens is 186 g/mol. The van der Waals surface area contributed by atoms with Crippen molar-refractivity contribution in [1.82, 2.24) is 14.9 Å². The highest BCUT2D eigenvalue weighted by Gasteiger charge is 2.20. The van der Waals surface area contributed by atoms with Gasteiger partial charge in [0.1, 0.15) is 0 Å². The molecule has 15 heavy (non-hydrogen) atoms. The standard InChI is InChI=1S/C12H21N3/c1-2-6-13-8-12-9-14-10-15(12)7-5-11-3-4-11/h9-11,13H,2-8H2,1H3.